The Morgan fingerprint density at radius 3 is 2.94 bits per heavy atom. The highest BCUT2D eigenvalue weighted by Gasteiger charge is 2.20. The third-order valence-electron chi connectivity index (χ3n) is 2.82. The van der Waals surface area contributed by atoms with Crippen molar-refractivity contribution >= 4 is 50.1 Å². The van der Waals surface area contributed by atoms with E-state index in [0.717, 1.165) is 39.5 Å². The minimum absolute atomic E-state index is 0.0464. The number of piperidine rings is 1. The molecule has 1 fully saturated rings. The lowest BCUT2D eigenvalue weighted by Gasteiger charge is -2.22. The van der Waals surface area contributed by atoms with Crippen LogP contribution in [0.5, 0.6) is 0 Å². The van der Waals surface area contributed by atoms with E-state index in [2.05, 4.69) is 49.2 Å². The van der Waals surface area contributed by atoms with Gasteiger partial charge in [-0.05, 0) is 76.1 Å². The van der Waals surface area contributed by atoms with Crippen LogP contribution in [0.1, 0.15) is 19.3 Å². The molecular formula is C12H14BrIN2O. The van der Waals surface area contributed by atoms with Crippen molar-refractivity contribution in [3.8, 4) is 0 Å². The van der Waals surface area contributed by atoms with E-state index in [0.29, 0.717) is 0 Å². The Hall–Kier alpha value is -0.140. The minimum atomic E-state index is -0.0464. The topological polar surface area (TPSA) is 41.1 Å². The SMILES string of the molecule is O=C(Nc1ccc(I)cc1Br)[C@H]1CCCCN1. The van der Waals surface area contributed by atoms with Gasteiger partial charge in [0.25, 0.3) is 0 Å². The number of nitrogens with one attached hydrogen (secondary N) is 2. The Kier molecular flexibility index (Phi) is 4.81. The minimum Gasteiger partial charge on any atom is -0.324 e. The highest BCUT2D eigenvalue weighted by Crippen LogP contribution is 2.24. The number of benzene rings is 1. The quantitative estimate of drug-likeness (QED) is 0.738. The van der Waals surface area contributed by atoms with Crippen LogP contribution in [0.15, 0.2) is 22.7 Å². The maximum absolute atomic E-state index is 12.0. The molecule has 0 aliphatic carbocycles. The predicted molar refractivity (Wildman–Crippen MR) is 81.1 cm³/mol. The van der Waals surface area contributed by atoms with Crippen LogP contribution < -0.4 is 10.6 Å². The maximum Gasteiger partial charge on any atom is 0.241 e. The van der Waals surface area contributed by atoms with Gasteiger partial charge in [-0.1, -0.05) is 6.42 Å². The summed E-state index contributed by atoms with van der Waals surface area (Å²) in [5, 5.41) is 6.20. The van der Waals surface area contributed by atoms with Crippen molar-refractivity contribution in [3.63, 3.8) is 0 Å². The summed E-state index contributed by atoms with van der Waals surface area (Å²) in [6.07, 6.45) is 3.21. The highest BCUT2D eigenvalue weighted by atomic mass is 127. The smallest absolute Gasteiger partial charge is 0.241 e. The van der Waals surface area contributed by atoms with Gasteiger partial charge < -0.3 is 10.6 Å². The lowest BCUT2D eigenvalue weighted by atomic mass is 10.0. The van der Waals surface area contributed by atoms with Crippen molar-refractivity contribution in [2.45, 2.75) is 25.3 Å². The molecule has 0 spiro atoms. The molecule has 0 saturated carbocycles. The van der Waals surface area contributed by atoms with Gasteiger partial charge in [-0.2, -0.15) is 0 Å². The van der Waals surface area contributed by atoms with Crippen LogP contribution in [0, 0.1) is 3.57 Å². The number of carbonyl (C=O) groups is 1. The highest BCUT2D eigenvalue weighted by molar-refractivity contribution is 14.1. The van der Waals surface area contributed by atoms with Gasteiger partial charge in [0.2, 0.25) is 5.91 Å². The second kappa shape index (κ2) is 6.15. The lowest BCUT2D eigenvalue weighted by Crippen LogP contribution is -2.43. The summed E-state index contributed by atoms with van der Waals surface area (Å²) >= 11 is 5.70. The molecule has 5 heteroatoms. The lowest BCUT2D eigenvalue weighted by molar-refractivity contribution is -0.118. The van der Waals surface area contributed by atoms with Crippen molar-refractivity contribution in [3.05, 3.63) is 26.2 Å². The fraction of sp³-hybridized carbons (Fsp3) is 0.417. The maximum atomic E-state index is 12.0. The molecule has 2 N–H and O–H groups in total. The number of halogens is 2. The number of carbonyl (C=O) groups excluding carboxylic acids is 1. The molecule has 1 amide bonds. The molecule has 1 atom stereocenters. The summed E-state index contributed by atoms with van der Waals surface area (Å²) in [7, 11) is 0. The molecule has 0 aromatic heterocycles. The third kappa shape index (κ3) is 3.66. The number of rotatable bonds is 2. The van der Waals surface area contributed by atoms with Crippen LogP contribution in [0.3, 0.4) is 0 Å². The van der Waals surface area contributed by atoms with E-state index in [1.165, 1.54) is 0 Å². The number of amides is 1. The summed E-state index contributed by atoms with van der Waals surface area (Å²) in [5.41, 5.74) is 0.836. The van der Waals surface area contributed by atoms with Gasteiger partial charge in [0.1, 0.15) is 0 Å². The number of anilines is 1. The van der Waals surface area contributed by atoms with E-state index in [1.807, 2.05) is 18.2 Å². The molecule has 2 rings (SSSR count). The van der Waals surface area contributed by atoms with E-state index in [4.69, 9.17) is 0 Å². The Balaban J connectivity index is 2.02. The zero-order valence-corrected chi connectivity index (χ0v) is 13.0. The van der Waals surface area contributed by atoms with Gasteiger partial charge in [0, 0.05) is 8.04 Å². The molecule has 0 radical (unpaired) electrons. The van der Waals surface area contributed by atoms with Gasteiger partial charge >= 0.3 is 0 Å². The van der Waals surface area contributed by atoms with Crippen molar-refractivity contribution in [2.75, 3.05) is 11.9 Å². The van der Waals surface area contributed by atoms with E-state index in [9.17, 15) is 4.79 Å². The normalized spacial score (nSPS) is 20.0. The fourth-order valence-electron chi connectivity index (χ4n) is 1.89. The van der Waals surface area contributed by atoms with Crippen LogP contribution in [0.4, 0.5) is 5.69 Å². The second-order valence-electron chi connectivity index (χ2n) is 4.12. The van der Waals surface area contributed by atoms with Crippen molar-refractivity contribution in [1.82, 2.24) is 5.32 Å². The summed E-state index contributed by atoms with van der Waals surface area (Å²) < 4.78 is 2.07. The largest absolute Gasteiger partial charge is 0.324 e. The second-order valence-corrected chi connectivity index (χ2v) is 6.22. The molecule has 1 aromatic rings. The van der Waals surface area contributed by atoms with Gasteiger partial charge in [-0.3, -0.25) is 4.79 Å². The number of hydrogen-bond acceptors (Lipinski definition) is 2. The van der Waals surface area contributed by atoms with Gasteiger partial charge in [0.15, 0.2) is 0 Å². The standard InChI is InChI=1S/C12H14BrIN2O/c13-9-7-8(14)4-5-10(9)16-12(17)11-3-1-2-6-15-11/h4-5,7,11,15H,1-3,6H2,(H,16,17)/t11-/m1/s1. The Morgan fingerprint density at radius 2 is 2.29 bits per heavy atom. The average Bonchev–Trinajstić information content (AvgIpc) is 2.34. The van der Waals surface area contributed by atoms with E-state index in [-0.39, 0.29) is 11.9 Å². The van der Waals surface area contributed by atoms with Gasteiger partial charge in [-0.25, -0.2) is 0 Å². The molecule has 0 unspecified atom stereocenters. The zero-order chi connectivity index (χ0) is 12.3. The van der Waals surface area contributed by atoms with Gasteiger partial charge in [0.05, 0.1) is 11.7 Å². The molecule has 0 bridgehead atoms. The van der Waals surface area contributed by atoms with E-state index >= 15 is 0 Å². The Bertz CT molecular complexity index is 419. The first kappa shape index (κ1) is 13.3. The van der Waals surface area contributed by atoms with Crippen molar-refractivity contribution in [1.29, 1.82) is 0 Å². The molecule has 3 nitrogen and oxygen atoms in total. The summed E-state index contributed by atoms with van der Waals surface area (Å²) in [6.45, 7) is 0.936. The Labute approximate surface area is 123 Å². The fourth-order valence-corrected chi connectivity index (χ4v) is 3.28. The molecule has 17 heavy (non-hydrogen) atoms. The predicted octanol–water partition coefficient (Wildman–Crippen LogP) is 3.13. The van der Waals surface area contributed by atoms with Crippen molar-refractivity contribution in [2.24, 2.45) is 0 Å². The van der Waals surface area contributed by atoms with Crippen LogP contribution in [0.25, 0.3) is 0 Å². The Morgan fingerprint density at radius 1 is 1.47 bits per heavy atom. The monoisotopic (exact) mass is 408 g/mol. The summed E-state index contributed by atoms with van der Waals surface area (Å²) in [5.74, 6) is 0.0617. The van der Waals surface area contributed by atoms with Crippen LogP contribution >= 0.6 is 38.5 Å². The first-order valence-corrected chi connectivity index (χ1v) is 7.53. The average molecular weight is 409 g/mol. The molecule has 1 aliphatic heterocycles. The summed E-state index contributed by atoms with van der Waals surface area (Å²) in [4.78, 5) is 12.0. The molecule has 1 heterocycles. The van der Waals surface area contributed by atoms with Crippen LogP contribution in [0.2, 0.25) is 0 Å². The molecule has 1 saturated heterocycles. The first-order valence-electron chi connectivity index (χ1n) is 5.66. The zero-order valence-electron chi connectivity index (χ0n) is 9.30. The summed E-state index contributed by atoms with van der Waals surface area (Å²) in [6, 6.07) is 5.85. The van der Waals surface area contributed by atoms with Crippen molar-refractivity contribution < 1.29 is 4.79 Å². The van der Waals surface area contributed by atoms with E-state index in [1.54, 1.807) is 0 Å². The molecule has 1 aliphatic rings. The molecule has 1 aromatic carbocycles. The molecular weight excluding hydrogens is 395 g/mol. The first-order chi connectivity index (χ1) is 8.16. The number of hydrogen-bond donors (Lipinski definition) is 2. The molecule has 92 valence electrons. The van der Waals surface area contributed by atoms with E-state index < -0.39 is 0 Å². The van der Waals surface area contributed by atoms with Crippen LogP contribution in [-0.4, -0.2) is 18.5 Å². The van der Waals surface area contributed by atoms with Crippen LogP contribution in [-0.2, 0) is 4.79 Å². The third-order valence-corrected chi connectivity index (χ3v) is 4.14. The van der Waals surface area contributed by atoms with Gasteiger partial charge in [-0.15, -0.1) is 0 Å².